The molecule has 0 aliphatic rings. The second kappa shape index (κ2) is 4.36. The van der Waals surface area contributed by atoms with Crippen LogP contribution in [0.3, 0.4) is 0 Å². The molecule has 76 valence electrons. The number of hydrogen-bond donors (Lipinski definition) is 3. The van der Waals surface area contributed by atoms with Crippen molar-refractivity contribution in [3.8, 4) is 0 Å². The van der Waals surface area contributed by atoms with E-state index in [4.69, 9.17) is 15.3 Å². The van der Waals surface area contributed by atoms with E-state index in [2.05, 4.69) is 4.74 Å². The number of aliphatic hydroxyl groups excluding tert-OH is 1. The van der Waals surface area contributed by atoms with Crippen LogP contribution in [-0.4, -0.2) is 33.4 Å². The molecule has 1 atom stereocenters. The Labute approximate surface area is 76.3 Å². The number of esters is 1. The van der Waals surface area contributed by atoms with E-state index in [1.807, 2.05) is 0 Å². The number of aliphatic hydroxyl groups is 3. The van der Waals surface area contributed by atoms with Crippen molar-refractivity contribution in [1.29, 1.82) is 0 Å². The van der Waals surface area contributed by atoms with Crippen LogP contribution in [0.25, 0.3) is 0 Å². The van der Waals surface area contributed by atoms with Crippen LogP contribution in [0, 0.1) is 0 Å². The zero-order valence-electron chi connectivity index (χ0n) is 7.81. The van der Waals surface area contributed by atoms with Crippen molar-refractivity contribution in [2.45, 2.75) is 32.8 Å². The van der Waals surface area contributed by atoms with E-state index in [1.54, 1.807) is 0 Å². The number of carbonyl (C=O) groups excluding carboxylic acids is 1. The van der Waals surface area contributed by atoms with Gasteiger partial charge in [0.15, 0.2) is 12.1 Å². The number of carbonyl (C=O) groups is 1. The minimum Gasteiger partial charge on any atom is -0.433 e. The van der Waals surface area contributed by atoms with Gasteiger partial charge < -0.3 is 20.1 Å². The average Bonchev–Trinajstić information content (AvgIpc) is 1.81. The molecule has 0 rings (SSSR count). The minimum absolute atomic E-state index is 0.0217. The van der Waals surface area contributed by atoms with E-state index >= 15 is 0 Å². The Balaban J connectivity index is 4.34. The molecule has 1 unspecified atom stereocenters. The van der Waals surface area contributed by atoms with Crippen LogP contribution in [0.4, 0.5) is 0 Å². The Morgan fingerprint density at radius 3 is 2.31 bits per heavy atom. The van der Waals surface area contributed by atoms with Crippen molar-refractivity contribution in [2.24, 2.45) is 0 Å². The third-order valence-corrected chi connectivity index (χ3v) is 1.09. The molecule has 0 aromatic rings. The SMILES string of the molecule is C/C(=C\C(C)(O)O)C(=O)OC(C)O. The van der Waals surface area contributed by atoms with Crippen LogP contribution in [0.15, 0.2) is 11.6 Å². The first kappa shape index (κ1) is 12.1. The molecule has 0 saturated carbocycles. The lowest BCUT2D eigenvalue weighted by molar-refractivity contribution is -0.160. The summed E-state index contributed by atoms with van der Waals surface area (Å²) >= 11 is 0. The van der Waals surface area contributed by atoms with Gasteiger partial charge in [0.1, 0.15) is 0 Å². The van der Waals surface area contributed by atoms with E-state index in [-0.39, 0.29) is 5.57 Å². The van der Waals surface area contributed by atoms with Gasteiger partial charge >= 0.3 is 5.97 Å². The molecule has 13 heavy (non-hydrogen) atoms. The summed E-state index contributed by atoms with van der Waals surface area (Å²) in [5.74, 6) is -2.84. The zero-order chi connectivity index (χ0) is 10.6. The fraction of sp³-hybridized carbons (Fsp3) is 0.625. The fourth-order valence-electron chi connectivity index (χ4n) is 0.717. The predicted octanol–water partition coefficient (Wildman–Crippen LogP) is -0.485. The molecular formula is C8H14O5. The quantitative estimate of drug-likeness (QED) is 0.318. The van der Waals surface area contributed by atoms with Crippen LogP contribution in [0.2, 0.25) is 0 Å². The molecule has 0 fully saturated rings. The molecule has 0 saturated heterocycles. The van der Waals surface area contributed by atoms with Crippen molar-refractivity contribution in [1.82, 2.24) is 0 Å². The van der Waals surface area contributed by atoms with Gasteiger partial charge in [0.25, 0.3) is 0 Å². The van der Waals surface area contributed by atoms with E-state index in [9.17, 15) is 4.79 Å². The normalized spacial score (nSPS) is 15.4. The number of hydrogen-bond acceptors (Lipinski definition) is 5. The Morgan fingerprint density at radius 1 is 1.54 bits per heavy atom. The van der Waals surface area contributed by atoms with Crippen molar-refractivity contribution >= 4 is 5.97 Å². The first-order valence-corrected chi connectivity index (χ1v) is 3.75. The summed E-state index contributed by atoms with van der Waals surface area (Å²) < 4.78 is 4.38. The third kappa shape index (κ3) is 6.27. The molecule has 0 bridgehead atoms. The van der Waals surface area contributed by atoms with Crippen LogP contribution in [-0.2, 0) is 9.53 Å². The second-order valence-corrected chi connectivity index (χ2v) is 2.93. The second-order valence-electron chi connectivity index (χ2n) is 2.93. The highest BCUT2D eigenvalue weighted by Crippen LogP contribution is 2.06. The lowest BCUT2D eigenvalue weighted by Crippen LogP contribution is -2.22. The van der Waals surface area contributed by atoms with Gasteiger partial charge in [-0.1, -0.05) is 0 Å². The smallest absolute Gasteiger partial charge is 0.335 e. The summed E-state index contributed by atoms with van der Waals surface area (Å²) in [7, 11) is 0. The summed E-state index contributed by atoms with van der Waals surface area (Å²) in [4.78, 5) is 11.0. The van der Waals surface area contributed by atoms with Gasteiger partial charge in [-0.05, 0) is 26.8 Å². The summed E-state index contributed by atoms with van der Waals surface area (Å²) in [5.41, 5.74) is 0.0217. The molecule has 0 amide bonds. The standard InChI is InChI=1S/C8H14O5/c1-5(4-8(3,11)12)7(10)13-6(2)9/h4,6,9,11-12H,1-3H3/b5-4+. The maximum absolute atomic E-state index is 11.0. The average molecular weight is 190 g/mol. The Morgan fingerprint density at radius 2 is 2.00 bits per heavy atom. The van der Waals surface area contributed by atoms with Crippen molar-refractivity contribution in [3.63, 3.8) is 0 Å². The van der Waals surface area contributed by atoms with E-state index in [1.165, 1.54) is 13.8 Å². The van der Waals surface area contributed by atoms with Gasteiger partial charge in [0.05, 0.1) is 0 Å². The van der Waals surface area contributed by atoms with Crippen LogP contribution in [0.1, 0.15) is 20.8 Å². The summed E-state index contributed by atoms with van der Waals surface area (Å²) in [5, 5.41) is 26.4. The maximum Gasteiger partial charge on any atom is 0.335 e. The molecule has 0 spiro atoms. The molecule has 0 radical (unpaired) electrons. The van der Waals surface area contributed by atoms with Crippen LogP contribution >= 0.6 is 0 Å². The van der Waals surface area contributed by atoms with Gasteiger partial charge in [-0.2, -0.15) is 0 Å². The third-order valence-electron chi connectivity index (χ3n) is 1.09. The Bertz CT molecular complexity index is 211. The maximum atomic E-state index is 11.0. The van der Waals surface area contributed by atoms with Crippen molar-refractivity contribution < 1.29 is 24.9 Å². The zero-order valence-corrected chi connectivity index (χ0v) is 7.81. The van der Waals surface area contributed by atoms with E-state index < -0.39 is 18.0 Å². The molecule has 0 aromatic carbocycles. The van der Waals surface area contributed by atoms with Gasteiger partial charge in [-0.25, -0.2) is 4.79 Å². The minimum atomic E-state index is -2.05. The van der Waals surface area contributed by atoms with Gasteiger partial charge in [-0.15, -0.1) is 0 Å². The Hall–Kier alpha value is -0.910. The lowest BCUT2D eigenvalue weighted by atomic mass is 10.2. The summed E-state index contributed by atoms with van der Waals surface area (Å²) in [6.07, 6.45) is -0.281. The number of ether oxygens (including phenoxy) is 1. The highest BCUT2D eigenvalue weighted by atomic mass is 16.6. The summed E-state index contributed by atoms with van der Waals surface area (Å²) in [6.45, 7) is 3.74. The molecule has 0 aliphatic heterocycles. The van der Waals surface area contributed by atoms with Gasteiger partial charge in [0, 0.05) is 5.57 Å². The predicted molar refractivity (Wildman–Crippen MR) is 44.4 cm³/mol. The monoisotopic (exact) mass is 190 g/mol. The first-order valence-electron chi connectivity index (χ1n) is 3.75. The molecule has 5 heteroatoms. The molecule has 0 aromatic heterocycles. The molecule has 5 nitrogen and oxygen atoms in total. The van der Waals surface area contributed by atoms with Crippen LogP contribution in [0.5, 0.6) is 0 Å². The first-order chi connectivity index (χ1) is 5.72. The topological polar surface area (TPSA) is 87.0 Å². The molecular weight excluding hydrogens is 176 g/mol. The summed E-state index contributed by atoms with van der Waals surface area (Å²) in [6, 6.07) is 0. The van der Waals surface area contributed by atoms with Gasteiger partial charge in [-0.3, -0.25) is 0 Å². The Kier molecular flexibility index (Phi) is 4.06. The van der Waals surface area contributed by atoms with E-state index in [0.29, 0.717) is 0 Å². The fourth-order valence-corrected chi connectivity index (χ4v) is 0.717. The largest absolute Gasteiger partial charge is 0.433 e. The van der Waals surface area contributed by atoms with E-state index in [0.717, 1.165) is 13.0 Å². The lowest BCUT2D eigenvalue weighted by Gasteiger charge is -2.12. The van der Waals surface area contributed by atoms with Crippen molar-refractivity contribution in [2.75, 3.05) is 0 Å². The van der Waals surface area contributed by atoms with Gasteiger partial charge in [0.2, 0.25) is 0 Å². The van der Waals surface area contributed by atoms with Crippen molar-refractivity contribution in [3.05, 3.63) is 11.6 Å². The van der Waals surface area contributed by atoms with Crippen LogP contribution < -0.4 is 0 Å². The molecule has 3 N–H and O–H groups in total. The molecule has 0 aliphatic carbocycles. The highest BCUT2D eigenvalue weighted by Gasteiger charge is 2.16. The molecule has 0 heterocycles. The number of rotatable bonds is 3. The highest BCUT2D eigenvalue weighted by molar-refractivity contribution is 5.87.